The minimum atomic E-state index is -4.37. The fraction of sp³-hybridized carbons (Fsp3) is 0.600. The van der Waals surface area contributed by atoms with Crippen molar-refractivity contribution in [1.29, 1.82) is 0 Å². The lowest BCUT2D eigenvalue weighted by atomic mass is 10.4. The molecule has 1 aliphatic rings. The highest BCUT2D eigenvalue weighted by Crippen LogP contribution is 2.34. The van der Waals surface area contributed by atoms with Crippen LogP contribution in [0, 0.1) is 0 Å². The third kappa shape index (κ3) is 2.01. The lowest BCUT2D eigenvalue weighted by Crippen LogP contribution is -2.29. The minimum absolute atomic E-state index is 0.191. The Morgan fingerprint density at radius 1 is 1.62 bits per heavy atom. The topological polar surface area (TPSA) is 72.8 Å². The standard InChI is InChI=1S/C5H6Cl2O5S/c1-11-2-3(13(8,9)10)5(7)12-4(2)6/h3,5H,1H3,(H,8,9,10). The average Bonchev–Trinajstić information content (AvgIpc) is 2.23. The Kier molecular flexibility index (Phi) is 2.96. The monoisotopic (exact) mass is 248 g/mol. The maximum Gasteiger partial charge on any atom is 0.280 e. The summed E-state index contributed by atoms with van der Waals surface area (Å²) in [6, 6.07) is 0. The van der Waals surface area contributed by atoms with Gasteiger partial charge >= 0.3 is 0 Å². The molecule has 1 aliphatic heterocycles. The van der Waals surface area contributed by atoms with Crippen LogP contribution in [0.15, 0.2) is 11.0 Å². The molecule has 1 rings (SSSR count). The quantitative estimate of drug-likeness (QED) is 0.581. The predicted octanol–water partition coefficient (Wildman–Crippen LogP) is 0.892. The van der Waals surface area contributed by atoms with Crippen molar-refractivity contribution >= 4 is 33.3 Å². The first-order valence-corrected chi connectivity index (χ1v) is 5.40. The SMILES string of the molecule is COC1=C(Cl)OC(Cl)C1S(=O)(=O)O. The van der Waals surface area contributed by atoms with Gasteiger partial charge in [0.1, 0.15) is 0 Å². The first-order chi connectivity index (χ1) is 5.88. The van der Waals surface area contributed by atoms with Gasteiger partial charge < -0.3 is 9.47 Å². The van der Waals surface area contributed by atoms with Gasteiger partial charge in [-0.1, -0.05) is 11.6 Å². The summed E-state index contributed by atoms with van der Waals surface area (Å²) in [5.41, 5.74) is -1.27. The van der Waals surface area contributed by atoms with Crippen molar-refractivity contribution in [3.8, 4) is 0 Å². The van der Waals surface area contributed by atoms with Crippen LogP contribution in [-0.4, -0.2) is 30.9 Å². The summed E-state index contributed by atoms with van der Waals surface area (Å²) < 4.78 is 39.6. The minimum Gasteiger partial charge on any atom is -0.495 e. The van der Waals surface area contributed by atoms with E-state index in [-0.39, 0.29) is 11.0 Å². The summed E-state index contributed by atoms with van der Waals surface area (Å²) >= 11 is 10.9. The molecule has 2 atom stereocenters. The predicted molar refractivity (Wildman–Crippen MR) is 46.0 cm³/mol. The van der Waals surface area contributed by atoms with Crippen LogP contribution in [0.5, 0.6) is 0 Å². The molecule has 0 aliphatic carbocycles. The fourth-order valence-corrected chi connectivity index (χ4v) is 2.71. The van der Waals surface area contributed by atoms with Crippen LogP contribution in [0.2, 0.25) is 0 Å². The van der Waals surface area contributed by atoms with Gasteiger partial charge in [-0.15, -0.1) is 0 Å². The molecule has 0 saturated heterocycles. The van der Waals surface area contributed by atoms with Gasteiger partial charge in [0.2, 0.25) is 5.22 Å². The molecule has 0 aromatic heterocycles. The number of hydrogen-bond acceptors (Lipinski definition) is 4. The van der Waals surface area contributed by atoms with Gasteiger partial charge in [0.25, 0.3) is 10.1 Å². The van der Waals surface area contributed by atoms with Gasteiger partial charge in [-0.25, -0.2) is 0 Å². The molecule has 1 N–H and O–H groups in total. The molecule has 8 heteroatoms. The van der Waals surface area contributed by atoms with Crippen LogP contribution >= 0.6 is 23.2 Å². The number of methoxy groups -OCH3 is 1. The highest BCUT2D eigenvalue weighted by molar-refractivity contribution is 7.86. The van der Waals surface area contributed by atoms with E-state index in [1.54, 1.807) is 0 Å². The van der Waals surface area contributed by atoms with Gasteiger partial charge in [-0.05, 0) is 11.6 Å². The molecule has 0 radical (unpaired) electrons. The number of ether oxygens (including phenoxy) is 2. The van der Waals surface area contributed by atoms with E-state index in [9.17, 15) is 8.42 Å². The number of halogens is 2. The summed E-state index contributed by atoms with van der Waals surface area (Å²) in [5, 5.41) is -1.73. The van der Waals surface area contributed by atoms with E-state index >= 15 is 0 Å². The van der Waals surface area contributed by atoms with Gasteiger partial charge in [-0.2, -0.15) is 8.42 Å². The van der Waals surface area contributed by atoms with Crippen LogP contribution in [0.1, 0.15) is 0 Å². The Morgan fingerprint density at radius 3 is 2.46 bits per heavy atom. The van der Waals surface area contributed by atoms with Crippen molar-refractivity contribution in [3.05, 3.63) is 11.0 Å². The molecule has 76 valence electrons. The van der Waals surface area contributed by atoms with Gasteiger partial charge in [-0.3, -0.25) is 4.55 Å². The van der Waals surface area contributed by atoms with Crippen LogP contribution in [0.4, 0.5) is 0 Å². The maximum absolute atomic E-state index is 10.8. The third-order valence-electron chi connectivity index (χ3n) is 1.45. The molecule has 1 heterocycles. The zero-order valence-corrected chi connectivity index (χ0v) is 8.73. The van der Waals surface area contributed by atoms with E-state index in [2.05, 4.69) is 9.47 Å². The number of rotatable bonds is 2. The van der Waals surface area contributed by atoms with Crippen molar-refractivity contribution < 1.29 is 22.4 Å². The molecule has 2 unspecified atom stereocenters. The molecule has 0 fully saturated rings. The molecule has 0 spiro atoms. The lowest BCUT2D eigenvalue weighted by molar-refractivity contribution is 0.230. The van der Waals surface area contributed by atoms with Crippen molar-refractivity contribution in [2.75, 3.05) is 7.11 Å². The summed E-state index contributed by atoms with van der Waals surface area (Å²) in [6.07, 6.45) is 0. The third-order valence-corrected chi connectivity index (χ3v) is 3.32. The Hall–Kier alpha value is -0.170. The second-order valence-corrected chi connectivity index (χ2v) is 4.56. The number of alkyl halides is 1. The normalized spacial score (nSPS) is 28.9. The Balaban J connectivity index is 3.10. The first kappa shape index (κ1) is 10.9. The molecular weight excluding hydrogens is 243 g/mol. The van der Waals surface area contributed by atoms with Crippen molar-refractivity contribution in [3.63, 3.8) is 0 Å². The van der Waals surface area contributed by atoms with E-state index in [0.29, 0.717) is 0 Å². The van der Waals surface area contributed by atoms with E-state index in [4.69, 9.17) is 27.8 Å². The summed E-state index contributed by atoms with van der Waals surface area (Å²) in [7, 11) is -3.17. The zero-order chi connectivity index (χ0) is 10.2. The van der Waals surface area contributed by atoms with E-state index < -0.39 is 20.9 Å². The lowest BCUT2D eigenvalue weighted by Gasteiger charge is -2.10. The van der Waals surface area contributed by atoms with Crippen LogP contribution in [0.25, 0.3) is 0 Å². The van der Waals surface area contributed by atoms with E-state index in [1.165, 1.54) is 7.11 Å². The summed E-state index contributed by atoms with van der Waals surface area (Å²) in [5.74, 6) is -0.191. The summed E-state index contributed by atoms with van der Waals surface area (Å²) in [6.45, 7) is 0. The average molecular weight is 249 g/mol. The van der Waals surface area contributed by atoms with Crippen molar-refractivity contribution in [2.24, 2.45) is 0 Å². The molecular formula is C5H6Cl2O5S. The summed E-state index contributed by atoms with van der Waals surface area (Å²) in [4.78, 5) is 0. The smallest absolute Gasteiger partial charge is 0.280 e. The van der Waals surface area contributed by atoms with E-state index in [1.807, 2.05) is 0 Å². The second-order valence-electron chi connectivity index (χ2n) is 2.25. The highest BCUT2D eigenvalue weighted by Gasteiger charge is 2.45. The largest absolute Gasteiger partial charge is 0.495 e. The second kappa shape index (κ2) is 3.53. The highest BCUT2D eigenvalue weighted by atomic mass is 35.5. The Bertz CT molecular complexity index is 335. The molecule has 0 aromatic rings. The van der Waals surface area contributed by atoms with Gasteiger partial charge in [0.05, 0.1) is 7.11 Å². The molecule has 0 saturated carbocycles. The van der Waals surface area contributed by atoms with E-state index in [0.717, 1.165) is 0 Å². The molecule has 0 bridgehead atoms. The Labute approximate surface area is 85.0 Å². The van der Waals surface area contributed by atoms with Gasteiger partial charge in [0, 0.05) is 0 Å². The molecule has 0 aromatic carbocycles. The van der Waals surface area contributed by atoms with Crippen molar-refractivity contribution in [1.82, 2.24) is 0 Å². The van der Waals surface area contributed by atoms with Crippen LogP contribution in [0.3, 0.4) is 0 Å². The zero-order valence-electron chi connectivity index (χ0n) is 6.40. The first-order valence-electron chi connectivity index (χ1n) is 3.08. The Morgan fingerprint density at radius 2 is 2.15 bits per heavy atom. The number of hydrogen-bond donors (Lipinski definition) is 1. The fourth-order valence-electron chi connectivity index (χ4n) is 0.916. The molecule has 0 amide bonds. The van der Waals surface area contributed by atoms with Crippen LogP contribution < -0.4 is 0 Å². The molecule has 5 nitrogen and oxygen atoms in total. The molecule has 13 heavy (non-hydrogen) atoms. The van der Waals surface area contributed by atoms with Crippen LogP contribution in [-0.2, 0) is 19.6 Å². The van der Waals surface area contributed by atoms with Gasteiger partial charge in [0.15, 0.2) is 16.6 Å². The maximum atomic E-state index is 10.8. The van der Waals surface area contributed by atoms with Crippen molar-refractivity contribution in [2.45, 2.75) is 10.8 Å².